The van der Waals surface area contributed by atoms with E-state index in [1.807, 2.05) is 54.0 Å². The van der Waals surface area contributed by atoms with Crippen molar-refractivity contribution in [3.8, 4) is 11.6 Å². The predicted molar refractivity (Wildman–Crippen MR) is 109 cm³/mol. The Balaban J connectivity index is 1.78. The van der Waals surface area contributed by atoms with Crippen molar-refractivity contribution < 1.29 is 14.6 Å². The number of carbonyl (C=O) groups excluding carboxylic acids is 1. The summed E-state index contributed by atoms with van der Waals surface area (Å²) in [6, 6.07) is 15.0. The lowest BCUT2D eigenvalue weighted by Gasteiger charge is -2.08. The van der Waals surface area contributed by atoms with E-state index in [0.717, 1.165) is 22.9 Å². The number of para-hydroxylation sites is 2. The number of hydrogen-bond acceptors (Lipinski definition) is 4. The molecular weight excluding hydrogens is 354 g/mol. The highest BCUT2D eigenvalue weighted by molar-refractivity contribution is 5.95. The van der Waals surface area contributed by atoms with E-state index < -0.39 is 5.91 Å². The molecule has 0 aliphatic heterocycles. The van der Waals surface area contributed by atoms with Gasteiger partial charge in [-0.15, -0.1) is 10.2 Å². The number of fused-ring (bicyclic) bond motifs is 1. The van der Waals surface area contributed by atoms with Gasteiger partial charge in [-0.3, -0.25) is 4.79 Å². The molecule has 0 fully saturated rings. The van der Waals surface area contributed by atoms with Gasteiger partial charge < -0.3 is 14.4 Å². The molecule has 28 heavy (non-hydrogen) atoms. The van der Waals surface area contributed by atoms with Crippen LogP contribution in [0.4, 0.5) is 5.69 Å². The van der Waals surface area contributed by atoms with Crippen molar-refractivity contribution in [2.75, 3.05) is 6.61 Å². The summed E-state index contributed by atoms with van der Waals surface area (Å²) in [6.07, 6.45) is 0.923. The number of hydrogen-bond donors (Lipinski definition) is 1. The van der Waals surface area contributed by atoms with E-state index in [1.54, 1.807) is 6.07 Å². The fourth-order valence-electron chi connectivity index (χ4n) is 2.98. The van der Waals surface area contributed by atoms with Gasteiger partial charge in [-0.25, -0.2) is 0 Å². The molecule has 0 saturated carbocycles. The number of rotatable bonds is 7. The van der Waals surface area contributed by atoms with Crippen molar-refractivity contribution >= 4 is 22.5 Å². The van der Waals surface area contributed by atoms with Gasteiger partial charge in [0.15, 0.2) is 12.3 Å². The van der Waals surface area contributed by atoms with E-state index in [9.17, 15) is 9.90 Å². The van der Waals surface area contributed by atoms with Crippen molar-refractivity contribution in [3.05, 3.63) is 54.1 Å². The van der Waals surface area contributed by atoms with Crippen LogP contribution < -0.4 is 4.74 Å². The lowest BCUT2D eigenvalue weighted by atomic mass is 10.1. The van der Waals surface area contributed by atoms with Crippen LogP contribution in [0.2, 0.25) is 0 Å². The zero-order valence-corrected chi connectivity index (χ0v) is 16.4. The minimum absolute atomic E-state index is 0.0261. The Morgan fingerprint density at radius 2 is 1.86 bits per heavy atom. The Bertz CT molecular complexity index is 1010. The van der Waals surface area contributed by atoms with Crippen molar-refractivity contribution in [1.29, 1.82) is 0 Å². The first-order valence-electron chi connectivity index (χ1n) is 9.40. The van der Waals surface area contributed by atoms with Gasteiger partial charge in [0.05, 0.1) is 5.52 Å². The average Bonchev–Trinajstić information content (AvgIpc) is 2.95. The molecule has 146 valence electrons. The highest BCUT2D eigenvalue weighted by atomic mass is 16.5. The normalized spacial score (nSPS) is 11.6. The zero-order chi connectivity index (χ0) is 20.1. The van der Waals surface area contributed by atoms with Crippen LogP contribution in [0.5, 0.6) is 11.6 Å². The second-order valence-electron chi connectivity index (χ2n) is 7.17. The highest BCUT2D eigenvalue weighted by Crippen LogP contribution is 2.39. The fraction of sp³-hybridized carbons (Fsp3) is 0.318. The minimum atomic E-state index is -0.512. The van der Waals surface area contributed by atoms with Crippen LogP contribution in [-0.4, -0.2) is 22.2 Å². The first kappa shape index (κ1) is 19.6. The lowest BCUT2D eigenvalue weighted by molar-refractivity contribution is -0.120. The van der Waals surface area contributed by atoms with Crippen molar-refractivity contribution in [1.82, 2.24) is 4.57 Å². The van der Waals surface area contributed by atoms with E-state index >= 15 is 0 Å². The van der Waals surface area contributed by atoms with Crippen LogP contribution in [-0.2, 0) is 11.3 Å². The Labute approximate surface area is 164 Å². The Morgan fingerprint density at radius 3 is 2.61 bits per heavy atom. The van der Waals surface area contributed by atoms with Crippen molar-refractivity contribution in [2.24, 2.45) is 16.1 Å². The summed E-state index contributed by atoms with van der Waals surface area (Å²) in [7, 11) is 0. The summed E-state index contributed by atoms with van der Waals surface area (Å²) >= 11 is 0. The number of amides is 1. The molecule has 0 spiro atoms. The molecular formula is C22H25N3O3. The number of carbonyl (C=O) groups is 1. The Hall–Kier alpha value is -3.15. The fourth-order valence-corrected chi connectivity index (χ4v) is 2.98. The monoisotopic (exact) mass is 379 g/mol. The Morgan fingerprint density at radius 1 is 1.14 bits per heavy atom. The number of benzene rings is 2. The van der Waals surface area contributed by atoms with Crippen LogP contribution in [0.25, 0.3) is 10.9 Å². The van der Waals surface area contributed by atoms with Crippen molar-refractivity contribution in [3.63, 3.8) is 0 Å². The molecule has 0 bridgehead atoms. The SMILES string of the molecule is Cc1ccccc1OCC(=O)N=Nc1c(O)n(CCC(C)C)c2ccccc12. The van der Waals surface area contributed by atoms with Gasteiger partial charge in [0, 0.05) is 11.9 Å². The summed E-state index contributed by atoms with van der Waals surface area (Å²) in [5, 5.41) is 19.2. The second-order valence-corrected chi connectivity index (χ2v) is 7.17. The van der Waals surface area contributed by atoms with Gasteiger partial charge in [0.2, 0.25) is 5.88 Å². The number of ether oxygens (including phenoxy) is 1. The van der Waals surface area contributed by atoms with E-state index in [1.165, 1.54) is 0 Å². The number of aromatic nitrogens is 1. The maximum atomic E-state index is 12.1. The largest absolute Gasteiger partial charge is 0.493 e. The molecule has 0 radical (unpaired) electrons. The third-order valence-corrected chi connectivity index (χ3v) is 4.55. The molecule has 6 nitrogen and oxygen atoms in total. The standard InChI is InChI=1S/C22H25N3O3/c1-15(2)12-13-25-18-10-6-5-9-17(18)21(22(25)27)24-23-20(26)14-28-19-11-7-4-8-16(19)3/h4-11,15,27H,12-14H2,1-3H3. The van der Waals surface area contributed by atoms with Crippen LogP contribution in [0.15, 0.2) is 58.8 Å². The quantitative estimate of drug-likeness (QED) is 0.559. The zero-order valence-electron chi connectivity index (χ0n) is 16.4. The predicted octanol–water partition coefficient (Wildman–Crippen LogP) is 5.39. The second kappa shape index (κ2) is 8.69. The van der Waals surface area contributed by atoms with Crippen LogP contribution >= 0.6 is 0 Å². The van der Waals surface area contributed by atoms with Crippen LogP contribution in [0, 0.1) is 12.8 Å². The van der Waals surface area contributed by atoms with E-state index in [0.29, 0.717) is 23.9 Å². The summed E-state index contributed by atoms with van der Waals surface area (Å²) in [4.78, 5) is 12.1. The molecule has 3 rings (SSSR count). The van der Waals surface area contributed by atoms with Gasteiger partial charge in [-0.1, -0.05) is 50.2 Å². The summed E-state index contributed by atoms with van der Waals surface area (Å²) in [5.74, 6) is 0.657. The van der Waals surface area contributed by atoms with Gasteiger partial charge >= 0.3 is 5.91 Å². The van der Waals surface area contributed by atoms with Gasteiger partial charge in [0.1, 0.15) is 5.75 Å². The van der Waals surface area contributed by atoms with Gasteiger partial charge in [-0.05, 0) is 37.0 Å². The molecule has 0 aliphatic rings. The number of nitrogens with zero attached hydrogens (tertiary/aromatic N) is 3. The maximum Gasteiger partial charge on any atom is 0.302 e. The lowest BCUT2D eigenvalue weighted by Crippen LogP contribution is -2.08. The smallest absolute Gasteiger partial charge is 0.302 e. The van der Waals surface area contributed by atoms with E-state index in [-0.39, 0.29) is 12.5 Å². The topological polar surface area (TPSA) is 76.2 Å². The first-order valence-corrected chi connectivity index (χ1v) is 9.40. The van der Waals surface area contributed by atoms with Gasteiger partial charge in [-0.2, -0.15) is 0 Å². The Kier molecular flexibility index (Phi) is 6.09. The molecule has 1 N–H and O–H groups in total. The molecule has 0 atom stereocenters. The number of aryl methyl sites for hydroxylation is 2. The number of azo groups is 1. The highest BCUT2D eigenvalue weighted by Gasteiger charge is 2.17. The summed E-state index contributed by atoms with van der Waals surface area (Å²) in [5.41, 5.74) is 2.12. The third kappa shape index (κ3) is 4.39. The maximum absolute atomic E-state index is 12.1. The third-order valence-electron chi connectivity index (χ3n) is 4.55. The molecule has 0 saturated heterocycles. The number of aromatic hydroxyl groups is 1. The molecule has 3 aromatic rings. The average molecular weight is 379 g/mol. The van der Waals surface area contributed by atoms with E-state index in [2.05, 4.69) is 24.1 Å². The first-order chi connectivity index (χ1) is 13.5. The molecule has 6 heteroatoms. The van der Waals surface area contributed by atoms with Crippen LogP contribution in [0.1, 0.15) is 25.8 Å². The van der Waals surface area contributed by atoms with Crippen molar-refractivity contribution in [2.45, 2.75) is 33.7 Å². The molecule has 1 heterocycles. The van der Waals surface area contributed by atoms with Gasteiger partial charge in [0.25, 0.3) is 0 Å². The molecule has 2 aromatic carbocycles. The molecule has 1 aromatic heterocycles. The minimum Gasteiger partial charge on any atom is -0.493 e. The molecule has 1 amide bonds. The molecule has 0 unspecified atom stereocenters. The summed E-state index contributed by atoms with van der Waals surface area (Å²) < 4.78 is 7.32. The summed E-state index contributed by atoms with van der Waals surface area (Å²) in [6.45, 7) is 6.64. The van der Waals surface area contributed by atoms with Crippen LogP contribution in [0.3, 0.4) is 0 Å². The molecule has 0 aliphatic carbocycles. The van der Waals surface area contributed by atoms with E-state index in [4.69, 9.17) is 4.74 Å².